The molecule has 0 bridgehead atoms. The normalized spacial score (nSPS) is 15.4. The van der Waals surface area contributed by atoms with Gasteiger partial charge in [-0.3, -0.25) is 4.79 Å². The van der Waals surface area contributed by atoms with Gasteiger partial charge in [-0.05, 0) is 30.9 Å². The Hall–Kier alpha value is -2.04. The molecule has 0 spiro atoms. The number of hydrogen-bond acceptors (Lipinski definition) is 7. The summed E-state index contributed by atoms with van der Waals surface area (Å²) in [5, 5.41) is 13.0. The van der Waals surface area contributed by atoms with Crippen molar-refractivity contribution in [3.63, 3.8) is 0 Å². The minimum Gasteiger partial charge on any atom is -0.493 e. The lowest BCUT2D eigenvalue weighted by atomic mass is 9.98. The van der Waals surface area contributed by atoms with E-state index >= 15 is 0 Å². The Balaban J connectivity index is 0.00000261. The van der Waals surface area contributed by atoms with Gasteiger partial charge in [-0.2, -0.15) is 5.10 Å². The lowest BCUT2D eigenvalue weighted by Crippen LogP contribution is -2.38. The number of benzene rings is 1. The Bertz CT molecular complexity index is 971. The second kappa shape index (κ2) is 8.32. The average Bonchev–Trinajstić information content (AvgIpc) is 2.60. The van der Waals surface area contributed by atoms with E-state index in [2.05, 4.69) is 10.2 Å². The molecule has 0 aliphatic carbocycles. The number of methoxy groups -OCH3 is 2. The van der Waals surface area contributed by atoms with Gasteiger partial charge in [0.1, 0.15) is 0 Å². The third-order valence-corrected chi connectivity index (χ3v) is 5.59. The molecule has 1 aliphatic rings. The highest BCUT2D eigenvalue weighted by Gasteiger charge is 2.25. The van der Waals surface area contributed by atoms with E-state index in [-0.39, 0.29) is 29.6 Å². The van der Waals surface area contributed by atoms with Crippen LogP contribution in [0.15, 0.2) is 16.9 Å². The van der Waals surface area contributed by atoms with Crippen LogP contribution in [0.1, 0.15) is 12.8 Å². The van der Waals surface area contributed by atoms with Gasteiger partial charge in [0.15, 0.2) is 17.3 Å². The van der Waals surface area contributed by atoms with Gasteiger partial charge in [0.05, 0.1) is 25.4 Å². The first-order chi connectivity index (χ1) is 12.3. The van der Waals surface area contributed by atoms with Crippen LogP contribution in [-0.2, 0) is 10.0 Å². The van der Waals surface area contributed by atoms with Crippen molar-refractivity contribution in [3.8, 4) is 11.5 Å². The molecule has 1 aromatic carbocycles. The number of H-pyrrole nitrogens is 1. The molecule has 27 heavy (non-hydrogen) atoms. The first-order valence-corrected chi connectivity index (χ1v) is 9.93. The maximum atomic E-state index is 12.2. The van der Waals surface area contributed by atoms with E-state index in [1.165, 1.54) is 14.2 Å². The Kier molecular flexibility index (Phi) is 6.55. The smallest absolute Gasteiger partial charge is 0.272 e. The van der Waals surface area contributed by atoms with Gasteiger partial charge in [-0.15, -0.1) is 12.4 Å². The number of nitrogens with zero attached hydrogens (tertiary/aromatic N) is 2. The number of primary sulfonamides is 1. The zero-order chi connectivity index (χ0) is 18.9. The van der Waals surface area contributed by atoms with Crippen molar-refractivity contribution in [3.05, 3.63) is 22.5 Å². The van der Waals surface area contributed by atoms with Crippen molar-refractivity contribution >= 4 is 39.0 Å². The van der Waals surface area contributed by atoms with E-state index < -0.39 is 10.0 Å². The highest BCUT2D eigenvalue weighted by atomic mass is 35.5. The molecule has 0 atom stereocenters. The molecule has 3 N–H and O–H groups in total. The zero-order valence-electron chi connectivity index (χ0n) is 15.1. The van der Waals surface area contributed by atoms with Crippen molar-refractivity contribution in [2.75, 3.05) is 38.0 Å². The standard InChI is InChI=1S/C16H22N4O5S.ClH/c1-24-13-7-11-12(8-14(13)25-2)16(21)19-18-15(11)20-5-3-10(4-6-20)9-26(17,22)23;/h7-8,10H,3-6,9H2,1-2H3,(H,19,21)(H2,17,22,23);1H. The summed E-state index contributed by atoms with van der Waals surface area (Å²) in [4.78, 5) is 14.2. The fraction of sp³-hybridized carbons (Fsp3) is 0.500. The highest BCUT2D eigenvalue weighted by molar-refractivity contribution is 7.89. The summed E-state index contributed by atoms with van der Waals surface area (Å²) in [6.45, 7) is 1.26. The van der Waals surface area contributed by atoms with Crippen LogP contribution in [0, 0.1) is 5.92 Å². The minimum absolute atomic E-state index is 0. The van der Waals surface area contributed by atoms with Gasteiger partial charge in [-0.1, -0.05) is 0 Å². The van der Waals surface area contributed by atoms with E-state index in [0.717, 1.165) is 0 Å². The first-order valence-electron chi connectivity index (χ1n) is 8.22. The number of piperidine rings is 1. The van der Waals surface area contributed by atoms with E-state index in [4.69, 9.17) is 14.6 Å². The first kappa shape index (κ1) is 21.3. The molecule has 1 fully saturated rings. The topological polar surface area (TPSA) is 128 Å². The number of anilines is 1. The van der Waals surface area contributed by atoms with Gasteiger partial charge >= 0.3 is 0 Å². The number of hydrogen-bond donors (Lipinski definition) is 2. The van der Waals surface area contributed by atoms with E-state index in [0.29, 0.717) is 54.0 Å². The summed E-state index contributed by atoms with van der Waals surface area (Å²) < 4.78 is 33.2. The van der Waals surface area contributed by atoms with E-state index in [9.17, 15) is 13.2 Å². The lowest BCUT2D eigenvalue weighted by Gasteiger charge is -2.32. The highest BCUT2D eigenvalue weighted by Crippen LogP contribution is 2.35. The van der Waals surface area contributed by atoms with Crippen molar-refractivity contribution in [2.45, 2.75) is 12.8 Å². The third kappa shape index (κ3) is 4.63. The number of aromatic amines is 1. The zero-order valence-corrected chi connectivity index (χ0v) is 16.7. The van der Waals surface area contributed by atoms with Crippen LogP contribution in [0.3, 0.4) is 0 Å². The maximum absolute atomic E-state index is 12.2. The van der Waals surface area contributed by atoms with Crippen LogP contribution in [0.5, 0.6) is 11.5 Å². The summed E-state index contributed by atoms with van der Waals surface area (Å²) in [6.07, 6.45) is 1.37. The summed E-state index contributed by atoms with van der Waals surface area (Å²) in [7, 11) is -0.434. The molecular formula is C16H23ClN4O5S. The van der Waals surface area contributed by atoms with Crippen molar-refractivity contribution in [1.29, 1.82) is 0 Å². The quantitative estimate of drug-likeness (QED) is 0.737. The van der Waals surface area contributed by atoms with Crippen molar-refractivity contribution < 1.29 is 17.9 Å². The lowest BCUT2D eigenvalue weighted by molar-refractivity contribution is 0.356. The number of nitrogens with two attached hydrogens (primary N) is 1. The molecule has 0 saturated carbocycles. The summed E-state index contributed by atoms with van der Waals surface area (Å²) in [6, 6.07) is 3.37. The number of aromatic nitrogens is 2. The predicted octanol–water partition coefficient (Wildman–Crippen LogP) is 0.867. The fourth-order valence-electron chi connectivity index (χ4n) is 3.36. The number of rotatable bonds is 5. The second-order valence-electron chi connectivity index (χ2n) is 6.39. The average molecular weight is 419 g/mol. The van der Waals surface area contributed by atoms with Gasteiger partial charge in [0.25, 0.3) is 5.56 Å². The molecule has 0 radical (unpaired) electrons. The van der Waals surface area contributed by atoms with Crippen molar-refractivity contribution in [1.82, 2.24) is 10.2 Å². The Morgan fingerprint density at radius 2 is 1.74 bits per heavy atom. The molecule has 11 heteroatoms. The number of ether oxygens (including phenoxy) is 2. The molecule has 2 heterocycles. The predicted molar refractivity (Wildman–Crippen MR) is 106 cm³/mol. The Morgan fingerprint density at radius 1 is 1.19 bits per heavy atom. The Morgan fingerprint density at radius 3 is 2.26 bits per heavy atom. The van der Waals surface area contributed by atoms with Gasteiger partial charge in [0.2, 0.25) is 10.0 Å². The van der Waals surface area contributed by atoms with Gasteiger partial charge < -0.3 is 14.4 Å². The summed E-state index contributed by atoms with van der Waals surface area (Å²) in [5.41, 5.74) is -0.311. The summed E-state index contributed by atoms with van der Waals surface area (Å²) >= 11 is 0. The molecule has 0 unspecified atom stereocenters. The molecule has 150 valence electrons. The SMILES string of the molecule is COc1cc2c(N3CCC(CS(N)(=O)=O)CC3)n[nH]c(=O)c2cc1OC.Cl. The second-order valence-corrected chi connectivity index (χ2v) is 8.05. The van der Waals surface area contributed by atoms with E-state index in [1.54, 1.807) is 12.1 Å². The molecule has 0 amide bonds. The molecule has 9 nitrogen and oxygen atoms in total. The molecule has 1 aromatic heterocycles. The Labute approximate surface area is 163 Å². The van der Waals surface area contributed by atoms with Crippen molar-refractivity contribution in [2.24, 2.45) is 11.1 Å². The molecule has 1 aliphatic heterocycles. The van der Waals surface area contributed by atoms with Crippen LogP contribution in [0.2, 0.25) is 0 Å². The van der Waals surface area contributed by atoms with Crippen LogP contribution in [0.4, 0.5) is 5.82 Å². The largest absolute Gasteiger partial charge is 0.493 e. The third-order valence-electron chi connectivity index (χ3n) is 4.65. The molecule has 2 aromatic rings. The maximum Gasteiger partial charge on any atom is 0.272 e. The van der Waals surface area contributed by atoms with Crippen LogP contribution in [0.25, 0.3) is 10.8 Å². The monoisotopic (exact) mass is 418 g/mol. The van der Waals surface area contributed by atoms with Crippen LogP contribution in [-0.4, -0.2) is 51.7 Å². The number of nitrogens with one attached hydrogen (secondary N) is 1. The minimum atomic E-state index is -3.47. The summed E-state index contributed by atoms with van der Waals surface area (Å²) in [5.74, 6) is 1.64. The van der Waals surface area contributed by atoms with Gasteiger partial charge in [0, 0.05) is 18.5 Å². The van der Waals surface area contributed by atoms with Gasteiger partial charge in [-0.25, -0.2) is 18.7 Å². The molecule has 1 saturated heterocycles. The van der Waals surface area contributed by atoms with Crippen LogP contribution < -0.4 is 25.1 Å². The van der Waals surface area contributed by atoms with Crippen LogP contribution >= 0.6 is 12.4 Å². The number of halogens is 1. The van der Waals surface area contributed by atoms with E-state index in [1.807, 2.05) is 4.90 Å². The molecular weight excluding hydrogens is 396 g/mol. The number of fused-ring (bicyclic) bond motifs is 1. The fourth-order valence-corrected chi connectivity index (χ4v) is 4.35. The molecule has 3 rings (SSSR count). The number of sulfonamides is 1.